The Hall–Kier alpha value is -1.47. The highest BCUT2D eigenvalue weighted by Crippen LogP contribution is 2.39. The Kier molecular flexibility index (Phi) is 6.22. The SMILES string of the molecule is CC1CN(c2cc3c(cc2Br)CCN3C(=O)Nc2cccc(Cl)c2Cl)CC(C)N1C. The highest BCUT2D eigenvalue weighted by molar-refractivity contribution is 9.10. The van der Waals surface area contributed by atoms with Gasteiger partial charge in [-0.25, -0.2) is 4.79 Å². The van der Waals surface area contributed by atoms with Crippen LogP contribution in [0.1, 0.15) is 19.4 Å². The Labute approximate surface area is 196 Å². The molecule has 0 aliphatic carbocycles. The summed E-state index contributed by atoms with van der Waals surface area (Å²) >= 11 is 16.1. The van der Waals surface area contributed by atoms with Crippen LogP contribution in [0.25, 0.3) is 0 Å². The van der Waals surface area contributed by atoms with E-state index in [1.54, 1.807) is 23.1 Å². The monoisotopic (exact) mass is 510 g/mol. The average Bonchev–Trinajstić information content (AvgIpc) is 3.11. The second-order valence-electron chi connectivity index (χ2n) is 8.13. The van der Waals surface area contributed by atoms with E-state index in [1.807, 2.05) is 0 Å². The fourth-order valence-electron chi connectivity index (χ4n) is 4.23. The summed E-state index contributed by atoms with van der Waals surface area (Å²) < 4.78 is 1.07. The van der Waals surface area contributed by atoms with Gasteiger partial charge in [0.2, 0.25) is 0 Å². The average molecular weight is 512 g/mol. The molecule has 0 spiro atoms. The second kappa shape index (κ2) is 8.58. The molecule has 30 heavy (non-hydrogen) atoms. The molecule has 1 saturated heterocycles. The van der Waals surface area contributed by atoms with Crippen LogP contribution in [-0.4, -0.2) is 49.7 Å². The first-order chi connectivity index (χ1) is 14.3. The lowest BCUT2D eigenvalue weighted by molar-refractivity contribution is 0.170. The summed E-state index contributed by atoms with van der Waals surface area (Å²) in [6.07, 6.45) is 0.820. The number of hydrogen-bond donors (Lipinski definition) is 1. The van der Waals surface area contributed by atoms with E-state index in [-0.39, 0.29) is 6.03 Å². The largest absolute Gasteiger partial charge is 0.367 e. The first kappa shape index (κ1) is 21.8. The van der Waals surface area contributed by atoms with Crippen molar-refractivity contribution < 1.29 is 4.79 Å². The van der Waals surface area contributed by atoms with E-state index in [0.29, 0.717) is 34.4 Å². The van der Waals surface area contributed by atoms with Crippen LogP contribution in [0.5, 0.6) is 0 Å². The molecule has 2 aromatic rings. The Morgan fingerprint density at radius 3 is 2.53 bits per heavy atom. The Bertz CT molecular complexity index is 974. The molecule has 0 radical (unpaired) electrons. The minimum atomic E-state index is -0.202. The van der Waals surface area contributed by atoms with Crippen molar-refractivity contribution in [3.05, 3.63) is 50.4 Å². The number of halogens is 3. The van der Waals surface area contributed by atoms with E-state index < -0.39 is 0 Å². The maximum atomic E-state index is 13.0. The van der Waals surface area contributed by atoms with Gasteiger partial charge in [0.25, 0.3) is 0 Å². The topological polar surface area (TPSA) is 38.8 Å². The van der Waals surface area contributed by atoms with Crippen molar-refractivity contribution in [2.75, 3.05) is 41.8 Å². The van der Waals surface area contributed by atoms with Gasteiger partial charge in [0, 0.05) is 36.2 Å². The molecule has 0 aromatic heterocycles. The van der Waals surface area contributed by atoms with Crippen LogP contribution < -0.4 is 15.1 Å². The van der Waals surface area contributed by atoms with Crippen molar-refractivity contribution in [1.82, 2.24) is 4.90 Å². The van der Waals surface area contributed by atoms with Crippen LogP contribution in [-0.2, 0) is 6.42 Å². The number of carbonyl (C=O) groups is 1. The van der Waals surface area contributed by atoms with Crippen LogP contribution >= 0.6 is 39.1 Å². The summed E-state index contributed by atoms with van der Waals surface area (Å²) in [5.41, 5.74) is 3.75. The van der Waals surface area contributed by atoms with Crippen LogP contribution in [0.3, 0.4) is 0 Å². The van der Waals surface area contributed by atoms with Gasteiger partial charge in [-0.2, -0.15) is 0 Å². The predicted octanol–water partition coefficient (Wildman–Crippen LogP) is 5.88. The zero-order valence-electron chi connectivity index (χ0n) is 17.3. The van der Waals surface area contributed by atoms with Crippen molar-refractivity contribution in [2.24, 2.45) is 0 Å². The first-order valence-electron chi connectivity index (χ1n) is 10.1. The molecule has 1 N–H and O–H groups in total. The van der Waals surface area contributed by atoms with E-state index in [1.165, 1.54) is 0 Å². The summed E-state index contributed by atoms with van der Waals surface area (Å²) in [5.74, 6) is 0. The molecule has 0 bridgehead atoms. The standard InChI is InChI=1S/C22H25BrCl2N4O/c1-13-11-28(12-14(2)27(13)3)20-10-19-15(9-16(20)23)7-8-29(19)22(30)26-18-6-4-5-17(24)21(18)25/h4-6,9-10,13-14H,7-8,11-12H2,1-3H3,(H,26,30). The first-order valence-corrected chi connectivity index (χ1v) is 11.6. The van der Waals surface area contributed by atoms with E-state index in [0.717, 1.165) is 40.9 Å². The number of hydrogen-bond acceptors (Lipinski definition) is 3. The van der Waals surface area contributed by atoms with Gasteiger partial charge in [0.1, 0.15) is 0 Å². The Balaban J connectivity index is 1.60. The Morgan fingerprint density at radius 2 is 1.83 bits per heavy atom. The van der Waals surface area contributed by atoms with Gasteiger partial charge < -0.3 is 10.2 Å². The van der Waals surface area contributed by atoms with Crippen molar-refractivity contribution in [1.29, 1.82) is 0 Å². The predicted molar refractivity (Wildman–Crippen MR) is 130 cm³/mol. The molecule has 1 fully saturated rings. The van der Waals surface area contributed by atoms with Crippen molar-refractivity contribution in [3.8, 4) is 0 Å². The van der Waals surface area contributed by atoms with Gasteiger partial charge in [-0.15, -0.1) is 0 Å². The van der Waals surface area contributed by atoms with E-state index in [9.17, 15) is 4.79 Å². The lowest BCUT2D eigenvalue weighted by atomic mass is 10.1. The molecule has 8 heteroatoms. The van der Waals surface area contributed by atoms with E-state index in [4.69, 9.17) is 23.2 Å². The molecule has 2 aromatic carbocycles. The van der Waals surface area contributed by atoms with Gasteiger partial charge in [-0.3, -0.25) is 9.80 Å². The highest BCUT2D eigenvalue weighted by atomic mass is 79.9. The summed E-state index contributed by atoms with van der Waals surface area (Å²) in [6, 6.07) is 10.2. The maximum absolute atomic E-state index is 13.0. The van der Waals surface area contributed by atoms with Crippen molar-refractivity contribution in [2.45, 2.75) is 32.4 Å². The fraction of sp³-hybridized carbons (Fsp3) is 0.409. The smallest absolute Gasteiger partial charge is 0.326 e. The molecule has 0 saturated carbocycles. The number of amides is 2. The van der Waals surface area contributed by atoms with Gasteiger partial charge >= 0.3 is 6.03 Å². The number of anilines is 3. The molecule has 5 nitrogen and oxygen atoms in total. The number of benzene rings is 2. The molecular weight excluding hydrogens is 487 g/mol. The third-order valence-corrected chi connectivity index (χ3v) is 7.64. The number of fused-ring (bicyclic) bond motifs is 1. The number of rotatable bonds is 2. The zero-order chi connectivity index (χ0) is 21.6. The molecule has 2 unspecified atom stereocenters. The second-order valence-corrected chi connectivity index (χ2v) is 9.77. The van der Waals surface area contributed by atoms with Gasteiger partial charge in [-0.05, 0) is 73.1 Å². The number of likely N-dealkylation sites (N-methyl/N-ethyl adjacent to an activating group) is 1. The lowest BCUT2D eigenvalue weighted by Gasteiger charge is -2.44. The summed E-state index contributed by atoms with van der Waals surface area (Å²) in [6.45, 7) is 7.02. The molecular formula is C22H25BrCl2N4O. The van der Waals surface area contributed by atoms with Crippen molar-refractivity contribution >= 4 is 62.2 Å². The molecule has 2 atom stereocenters. The molecule has 160 valence electrons. The molecule has 2 amide bonds. The third-order valence-electron chi connectivity index (χ3n) is 6.18. The summed E-state index contributed by atoms with van der Waals surface area (Å²) in [7, 11) is 2.18. The van der Waals surface area contributed by atoms with Gasteiger partial charge in [-0.1, -0.05) is 29.3 Å². The zero-order valence-corrected chi connectivity index (χ0v) is 20.4. The van der Waals surface area contributed by atoms with E-state index in [2.05, 4.69) is 64.1 Å². The maximum Gasteiger partial charge on any atom is 0.326 e. The van der Waals surface area contributed by atoms with Gasteiger partial charge in [0.15, 0.2) is 0 Å². The third kappa shape index (κ3) is 4.03. The normalized spacial score (nSPS) is 21.7. The van der Waals surface area contributed by atoms with Crippen LogP contribution in [0, 0.1) is 0 Å². The lowest BCUT2D eigenvalue weighted by Crippen LogP contribution is -2.55. The van der Waals surface area contributed by atoms with Crippen LogP contribution in [0.4, 0.5) is 21.9 Å². The number of piperazine rings is 1. The molecule has 2 heterocycles. The minimum absolute atomic E-state index is 0.202. The van der Waals surface area contributed by atoms with Crippen LogP contribution in [0.2, 0.25) is 10.0 Å². The van der Waals surface area contributed by atoms with Crippen molar-refractivity contribution in [3.63, 3.8) is 0 Å². The Morgan fingerprint density at radius 1 is 1.13 bits per heavy atom. The quantitative estimate of drug-likeness (QED) is 0.547. The minimum Gasteiger partial charge on any atom is -0.367 e. The number of carbonyl (C=O) groups excluding carboxylic acids is 1. The number of urea groups is 1. The fourth-order valence-corrected chi connectivity index (χ4v) is 5.22. The number of nitrogens with zero attached hydrogens (tertiary/aromatic N) is 3. The number of nitrogens with one attached hydrogen (secondary N) is 1. The summed E-state index contributed by atoms with van der Waals surface area (Å²) in [4.78, 5) is 19.6. The van der Waals surface area contributed by atoms with Gasteiger partial charge in [0.05, 0.1) is 27.1 Å². The van der Waals surface area contributed by atoms with E-state index >= 15 is 0 Å². The summed E-state index contributed by atoms with van der Waals surface area (Å²) in [5, 5.41) is 3.67. The molecule has 2 aliphatic rings. The highest BCUT2D eigenvalue weighted by Gasteiger charge is 2.31. The molecule has 4 rings (SSSR count). The molecule has 2 aliphatic heterocycles. The van der Waals surface area contributed by atoms with Crippen LogP contribution in [0.15, 0.2) is 34.8 Å².